The molecular weight excluding hydrogens is 358 g/mol. The maximum atomic E-state index is 12.8. The lowest BCUT2D eigenvalue weighted by Crippen LogP contribution is -2.34. The highest BCUT2D eigenvalue weighted by Gasteiger charge is 2.25. The minimum Gasteiger partial charge on any atom is -0.345 e. The summed E-state index contributed by atoms with van der Waals surface area (Å²) < 4.78 is 32.0. The van der Waals surface area contributed by atoms with Gasteiger partial charge in [0.1, 0.15) is 0 Å². The molecule has 0 radical (unpaired) electrons. The summed E-state index contributed by atoms with van der Waals surface area (Å²) in [6.45, 7) is 4.04. The zero-order valence-corrected chi connectivity index (χ0v) is 15.3. The van der Waals surface area contributed by atoms with E-state index in [2.05, 4.69) is 20.8 Å². The van der Waals surface area contributed by atoms with Gasteiger partial charge in [-0.1, -0.05) is 11.2 Å². The molecule has 0 unspecified atom stereocenters. The second kappa shape index (κ2) is 7.94. The molecule has 9 nitrogen and oxygen atoms in total. The minimum atomic E-state index is -3.63. The van der Waals surface area contributed by atoms with E-state index in [9.17, 15) is 13.2 Å². The van der Waals surface area contributed by atoms with Crippen LogP contribution in [0.4, 0.5) is 0 Å². The summed E-state index contributed by atoms with van der Waals surface area (Å²) in [4.78, 5) is 16.4. The number of aromatic nitrogens is 2. The molecule has 1 amide bonds. The predicted octanol–water partition coefficient (Wildman–Crippen LogP) is 0.292. The Bertz CT molecular complexity index is 872. The average molecular weight is 379 g/mol. The van der Waals surface area contributed by atoms with Crippen LogP contribution in [-0.2, 0) is 16.6 Å². The monoisotopic (exact) mass is 379 g/mol. The van der Waals surface area contributed by atoms with Crippen LogP contribution in [0.2, 0.25) is 0 Å². The Morgan fingerprint density at radius 3 is 2.96 bits per heavy atom. The van der Waals surface area contributed by atoms with E-state index in [0.29, 0.717) is 31.3 Å². The van der Waals surface area contributed by atoms with Crippen molar-refractivity contribution in [3.63, 3.8) is 0 Å². The van der Waals surface area contributed by atoms with Gasteiger partial charge in [-0.3, -0.25) is 4.79 Å². The number of aryl methyl sites for hydroxylation is 1. The Balaban J connectivity index is 1.73. The van der Waals surface area contributed by atoms with Crippen molar-refractivity contribution in [1.82, 2.24) is 25.1 Å². The number of carbonyl (C=O) groups is 1. The third-order valence-electron chi connectivity index (χ3n) is 4.01. The Hall–Kier alpha value is -2.30. The highest BCUT2D eigenvalue weighted by Crippen LogP contribution is 2.18. The van der Waals surface area contributed by atoms with Crippen LogP contribution in [0.5, 0.6) is 0 Å². The molecular formula is C16H21N5O4S. The number of rotatable bonds is 5. The van der Waals surface area contributed by atoms with Crippen LogP contribution >= 0.6 is 0 Å². The largest absolute Gasteiger partial charge is 0.345 e. The van der Waals surface area contributed by atoms with Gasteiger partial charge in [-0.05, 0) is 31.2 Å². The summed E-state index contributed by atoms with van der Waals surface area (Å²) in [5.74, 6) is 0.369. The van der Waals surface area contributed by atoms with E-state index in [4.69, 9.17) is 4.52 Å². The SMILES string of the molecule is Cc1nc(CNC(=O)c2cccc(S(=O)(=O)N3CCCNCC3)c2)no1. The molecule has 0 aliphatic carbocycles. The van der Waals surface area contributed by atoms with Gasteiger partial charge in [-0.25, -0.2) is 8.42 Å². The van der Waals surface area contributed by atoms with Crippen molar-refractivity contribution >= 4 is 15.9 Å². The number of hydrogen-bond donors (Lipinski definition) is 2. The molecule has 2 aromatic rings. The van der Waals surface area contributed by atoms with Crippen LogP contribution in [0.25, 0.3) is 0 Å². The summed E-state index contributed by atoms with van der Waals surface area (Å²) in [5, 5.41) is 9.53. The molecule has 1 aliphatic rings. The fraction of sp³-hybridized carbons (Fsp3) is 0.438. The van der Waals surface area contributed by atoms with Crippen LogP contribution in [0.15, 0.2) is 33.7 Å². The van der Waals surface area contributed by atoms with Crippen molar-refractivity contribution in [3.8, 4) is 0 Å². The summed E-state index contributed by atoms with van der Waals surface area (Å²) in [6, 6.07) is 6.04. The van der Waals surface area contributed by atoms with Crippen molar-refractivity contribution in [2.75, 3.05) is 26.2 Å². The molecule has 1 saturated heterocycles. The van der Waals surface area contributed by atoms with E-state index in [1.165, 1.54) is 16.4 Å². The first-order valence-corrected chi connectivity index (χ1v) is 9.79. The lowest BCUT2D eigenvalue weighted by Gasteiger charge is -2.19. The molecule has 1 fully saturated rings. The van der Waals surface area contributed by atoms with Crippen LogP contribution in [0.1, 0.15) is 28.5 Å². The van der Waals surface area contributed by atoms with Crippen molar-refractivity contribution in [3.05, 3.63) is 41.5 Å². The smallest absolute Gasteiger partial charge is 0.251 e. The number of sulfonamides is 1. The first-order valence-electron chi connectivity index (χ1n) is 8.35. The van der Waals surface area contributed by atoms with Gasteiger partial charge in [0.25, 0.3) is 5.91 Å². The molecule has 1 aromatic heterocycles. The molecule has 3 rings (SSSR count). The second-order valence-electron chi connectivity index (χ2n) is 5.95. The first-order chi connectivity index (χ1) is 12.5. The number of hydrogen-bond acceptors (Lipinski definition) is 7. The predicted molar refractivity (Wildman–Crippen MR) is 92.9 cm³/mol. The minimum absolute atomic E-state index is 0.102. The van der Waals surface area contributed by atoms with E-state index in [1.54, 1.807) is 19.1 Å². The molecule has 140 valence electrons. The highest BCUT2D eigenvalue weighted by atomic mass is 32.2. The number of benzene rings is 1. The van der Waals surface area contributed by atoms with E-state index in [0.717, 1.165) is 13.0 Å². The van der Waals surface area contributed by atoms with Gasteiger partial charge in [0.05, 0.1) is 11.4 Å². The van der Waals surface area contributed by atoms with Gasteiger partial charge in [0, 0.05) is 32.1 Å². The fourth-order valence-corrected chi connectivity index (χ4v) is 4.21. The Morgan fingerprint density at radius 2 is 2.19 bits per heavy atom. The Labute approximate surface area is 151 Å². The van der Waals surface area contributed by atoms with Gasteiger partial charge in [0.2, 0.25) is 15.9 Å². The van der Waals surface area contributed by atoms with Crippen molar-refractivity contribution in [1.29, 1.82) is 0 Å². The Kier molecular flexibility index (Phi) is 5.64. The molecule has 0 saturated carbocycles. The molecule has 0 atom stereocenters. The molecule has 0 spiro atoms. The molecule has 26 heavy (non-hydrogen) atoms. The number of nitrogens with one attached hydrogen (secondary N) is 2. The lowest BCUT2D eigenvalue weighted by molar-refractivity contribution is 0.0949. The summed E-state index contributed by atoms with van der Waals surface area (Å²) in [7, 11) is -3.63. The highest BCUT2D eigenvalue weighted by molar-refractivity contribution is 7.89. The average Bonchev–Trinajstić information content (AvgIpc) is 2.87. The van der Waals surface area contributed by atoms with Gasteiger partial charge in [-0.2, -0.15) is 9.29 Å². The summed E-state index contributed by atoms with van der Waals surface area (Å²) in [6.07, 6.45) is 0.753. The van der Waals surface area contributed by atoms with E-state index in [-0.39, 0.29) is 17.0 Å². The van der Waals surface area contributed by atoms with Crippen molar-refractivity contribution in [2.24, 2.45) is 0 Å². The number of amides is 1. The normalized spacial score (nSPS) is 16.2. The van der Waals surface area contributed by atoms with Gasteiger partial charge in [-0.15, -0.1) is 0 Å². The second-order valence-corrected chi connectivity index (χ2v) is 7.89. The van der Waals surface area contributed by atoms with E-state index < -0.39 is 15.9 Å². The zero-order chi connectivity index (χ0) is 18.6. The maximum Gasteiger partial charge on any atom is 0.251 e. The van der Waals surface area contributed by atoms with Gasteiger partial charge < -0.3 is 15.2 Å². The fourth-order valence-electron chi connectivity index (χ4n) is 2.68. The van der Waals surface area contributed by atoms with E-state index in [1.807, 2.05) is 0 Å². The third-order valence-corrected chi connectivity index (χ3v) is 5.90. The number of nitrogens with zero attached hydrogens (tertiary/aromatic N) is 3. The lowest BCUT2D eigenvalue weighted by atomic mass is 10.2. The Morgan fingerprint density at radius 1 is 1.35 bits per heavy atom. The van der Waals surface area contributed by atoms with Gasteiger partial charge >= 0.3 is 0 Å². The summed E-state index contributed by atoms with van der Waals surface area (Å²) in [5.41, 5.74) is 0.263. The topological polar surface area (TPSA) is 117 Å². The molecule has 1 aliphatic heterocycles. The number of carbonyl (C=O) groups excluding carboxylic acids is 1. The molecule has 0 bridgehead atoms. The maximum absolute atomic E-state index is 12.8. The van der Waals surface area contributed by atoms with Crippen LogP contribution in [0.3, 0.4) is 0 Å². The molecule has 2 heterocycles. The third kappa shape index (κ3) is 4.26. The van der Waals surface area contributed by atoms with Crippen LogP contribution < -0.4 is 10.6 Å². The standard InChI is InChI=1S/C16H21N5O4S/c1-12-19-15(20-25-12)11-18-16(22)13-4-2-5-14(10-13)26(23,24)21-8-3-6-17-7-9-21/h2,4-5,10,17H,3,6-9,11H2,1H3,(H,18,22). The molecule has 10 heteroatoms. The van der Waals surface area contributed by atoms with Crippen molar-refractivity contribution < 1.29 is 17.7 Å². The van der Waals surface area contributed by atoms with E-state index >= 15 is 0 Å². The summed E-state index contributed by atoms with van der Waals surface area (Å²) >= 11 is 0. The quantitative estimate of drug-likeness (QED) is 0.767. The van der Waals surface area contributed by atoms with Crippen molar-refractivity contribution in [2.45, 2.75) is 24.8 Å². The van der Waals surface area contributed by atoms with Gasteiger partial charge in [0.15, 0.2) is 5.82 Å². The zero-order valence-electron chi connectivity index (χ0n) is 14.4. The van der Waals surface area contributed by atoms with Crippen LogP contribution in [0, 0.1) is 6.92 Å². The molecule has 1 aromatic carbocycles. The van der Waals surface area contributed by atoms with Crippen LogP contribution in [-0.4, -0.2) is 54.9 Å². The first kappa shape index (κ1) is 18.5. The molecule has 2 N–H and O–H groups in total.